The van der Waals surface area contributed by atoms with Gasteiger partial charge in [0.1, 0.15) is 5.75 Å². The van der Waals surface area contributed by atoms with Crippen molar-refractivity contribution in [2.24, 2.45) is 0 Å². The number of fused-ring (bicyclic) bond motifs is 1. The van der Waals surface area contributed by atoms with Gasteiger partial charge < -0.3 is 10.1 Å². The maximum atomic E-state index is 5.82. The number of nitrogens with one attached hydrogen (secondary N) is 1. The first-order valence-corrected chi connectivity index (χ1v) is 7.34. The van der Waals surface area contributed by atoms with Crippen molar-refractivity contribution in [2.75, 3.05) is 13.2 Å². The van der Waals surface area contributed by atoms with Crippen molar-refractivity contribution >= 4 is 0 Å². The van der Waals surface area contributed by atoms with Crippen molar-refractivity contribution < 1.29 is 4.74 Å². The van der Waals surface area contributed by atoms with E-state index < -0.39 is 0 Å². The summed E-state index contributed by atoms with van der Waals surface area (Å²) in [5, 5.41) is 3.57. The molecule has 0 spiro atoms. The molecule has 2 heteroatoms. The Balaban J connectivity index is 2.07. The molecule has 0 radical (unpaired) electrons. The van der Waals surface area contributed by atoms with Gasteiger partial charge in [0, 0.05) is 12.5 Å². The molecule has 0 fully saturated rings. The van der Waals surface area contributed by atoms with Crippen LogP contribution in [0.1, 0.15) is 50.3 Å². The normalized spacial score (nSPS) is 17.9. The zero-order valence-electron chi connectivity index (χ0n) is 12.2. The second-order valence-corrected chi connectivity index (χ2v) is 5.42. The Morgan fingerprint density at radius 3 is 3.05 bits per heavy atom. The highest BCUT2D eigenvalue weighted by Gasteiger charge is 2.19. The van der Waals surface area contributed by atoms with E-state index in [0.717, 1.165) is 25.3 Å². The smallest absolute Gasteiger partial charge is 0.119 e. The van der Waals surface area contributed by atoms with E-state index in [1.807, 2.05) is 6.92 Å². The molecule has 0 aromatic heterocycles. The Morgan fingerprint density at radius 1 is 1.47 bits per heavy atom. The van der Waals surface area contributed by atoms with Gasteiger partial charge in [-0.05, 0) is 56.0 Å². The van der Waals surface area contributed by atoms with Crippen LogP contribution in [0.2, 0.25) is 0 Å². The lowest BCUT2D eigenvalue weighted by Crippen LogP contribution is -2.24. The number of rotatable bonds is 6. The molecule has 0 saturated carbocycles. The first-order chi connectivity index (χ1) is 9.20. The minimum atomic E-state index is 0.499. The molecule has 1 unspecified atom stereocenters. The molecular formula is C17H25NO. The van der Waals surface area contributed by atoms with Gasteiger partial charge in [-0.1, -0.05) is 18.6 Å². The Morgan fingerprint density at radius 2 is 2.32 bits per heavy atom. The standard InChI is InChI=1S/C17H25NO/c1-4-18-17-7-5-6-14-8-9-15(12-16(14)17)19-11-10-13(2)3/h8-9,12,17-18H,2,4-7,10-11H2,1,3H3. The molecule has 0 heterocycles. The second-order valence-electron chi connectivity index (χ2n) is 5.42. The molecule has 1 atom stereocenters. The van der Waals surface area contributed by atoms with Gasteiger partial charge in [-0.2, -0.15) is 0 Å². The van der Waals surface area contributed by atoms with Crippen molar-refractivity contribution in [1.82, 2.24) is 5.32 Å². The van der Waals surface area contributed by atoms with Crippen LogP contribution < -0.4 is 10.1 Å². The van der Waals surface area contributed by atoms with Crippen molar-refractivity contribution in [2.45, 2.75) is 45.6 Å². The molecule has 0 amide bonds. The fourth-order valence-electron chi connectivity index (χ4n) is 2.67. The van der Waals surface area contributed by atoms with E-state index in [9.17, 15) is 0 Å². The number of ether oxygens (including phenoxy) is 1. The Kier molecular flexibility index (Phi) is 5.03. The molecule has 1 N–H and O–H groups in total. The molecule has 1 aliphatic rings. The zero-order valence-corrected chi connectivity index (χ0v) is 12.2. The lowest BCUT2D eigenvalue weighted by molar-refractivity contribution is 0.320. The van der Waals surface area contributed by atoms with E-state index in [4.69, 9.17) is 4.74 Å². The van der Waals surface area contributed by atoms with Gasteiger partial charge in [0.25, 0.3) is 0 Å². The van der Waals surface area contributed by atoms with Gasteiger partial charge in [0.2, 0.25) is 0 Å². The summed E-state index contributed by atoms with van der Waals surface area (Å²) in [6, 6.07) is 7.05. The lowest BCUT2D eigenvalue weighted by Gasteiger charge is -2.26. The summed E-state index contributed by atoms with van der Waals surface area (Å²) in [6.07, 6.45) is 4.63. The van der Waals surface area contributed by atoms with Crippen LogP contribution in [-0.2, 0) is 6.42 Å². The van der Waals surface area contributed by atoms with E-state index in [1.54, 1.807) is 0 Å². The summed E-state index contributed by atoms with van der Waals surface area (Å²) in [5.41, 5.74) is 4.08. The summed E-state index contributed by atoms with van der Waals surface area (Å²) >= 11 is 0. The van der Waals surface area contributed by atoms with Crippen LogP contribution in [0.3, 0.4) is 0 Å². The largest absolute Gasteiger partial charge is 0.493 e. The van der Waals surface area contributed by atoms with Crippen LogP contribution in [-0.4, -0.2) is 13.2 Å². The fraction of sp³-hybridized carbons (Fsp3) is 0.529. The molecule has 104 valence electrons. The molecule has 0 bridgehead atoms. The summed E-state index contributed by atoms with van der Waals surface area (Å²) in [7, 11) is 0. The van der Waals surface area contributed by atoms with E-state index in [1.165, 1.54) is 36.0 Å². The maximum absolute atomic E-state index is 5.82. The van der Waals surface area contributed by atoms with Crippen LogP contribution in [0.4, 0.5) is 0 Å². The lowest BCUT2D eigenvalue weighted by atomic mass is 9.87. The van der Waals surface area contributed by atoms with Gasteiger partial charge in [-0.3, -0.25) is 0 Å². The van der Waals surface area contributed by atoms with Crippen LogP contribution in [0.5, 0.6) is 5.75 Å². The van der Waals surface area contributed by atoms with Crippen molar-refractivity contribution in [3.63, 3.8) is 0 Å². The molecule has 1 aromatic carbocycles. The number of aryl methyl sites for hydroxylation is 1. The van der Waals surface area contributed by atoms with Gasteiger partial charge in [-0.25, -0.2) is 0 Å². The first kappa shape index (κ1) is 14.1. The monoisotopic (exact) mass is 259 g/mol. The minimum Gasteiger partial charge on any atom is -0.493 e. The van der Waals surface area contributed by atoms with E-state index in [-0.39, 0.29) is 0 Å². The van der Waals surface area contributed by atoms with Gasteiger partial charge in [0.15, 0.2) is 0 Å². The third-order valence-corrected chi connectivity index (χ3v) is 3.68. The predicted molar refractivity (Wildman–Crippen MR) is 80.7 cm³/mol. The number of benzene rings is 1. The van der Waals surface area contributed by atoms with Gasteiger partial charge in [-0.15, -0.1) is 6.58 Å². The predicted octanol–water partition coefficient (Wildman–Crippen LogP) is 4.02. The molecule has 0 saturated heterocycles. The van der Waals surface area contributed by atoms with Crippen LogP contribution in [0.25, 0.3) is 0 Å². The average molecular weight is 259 g/mol. The Bertz CT molecular complexity index is 439. The third kappa shape index (κ3) is 3.84. The number of hydrogen-bond donors (Lipinski definition) is 1. The Hall–Kier alpha value is -1.28. The number of hydrogen-bond acceptors (Lipinski definition) is 2. The van der Waals surface area contributed by atoms with Crippen LogP contribution in [0, 0.1) is 0 Å². The quantitative estimate of drug-likeness (QED) is 0.779. The second kappa shape index (κ2) is 6.76. The van der Waals surface area contributed by atoms with Crippen molar-refractivity contribution in [3.05, 3.63) is 41.5 Å². The highest BCUT2D eigenvalue weighted by Crippen LogP contribution is 2.32. The summed E-state index contributed by atoms with van der Waals surface area (Å²) in [6.45, 7) is 9.85. The molecule has 19 heavy (non-hydrogen) atoms. The summed E-state index contributed by atoms with van der Waals surface area (Å²) in [4.78, 5) is 0. The molecule has 1 aromatic rings. The van der Waals surface area contributed by atoms with Crippen molar-refractivity contribution in [3.8, 4) is 5.75 Å². The molecule has 2 rings (SSSR count). The zero-order chi connectivity index (χ0) is 13.7. The van der Waals surface area contributed by atoms with Crippen LogP contribution >= 0.6 is 0 Å². The molecule has 0 aliphatic heterocycles. The highest BCUT2D eigenvalue weighted by atomic mass is 16.5. The van der Waals surface area contributed by atoms with E-state index >= 15 is 0 Å². The third-order valence-electron chi connectivity index (χ3n) is 3.68. The Labute approximate surface area is 116 Å². The topological polar surface area (TPSA) is 21.3 Å². The average Bonchev–Trinajstić information content (AvgIpc) is 2.39. The van der Waals surface area contributed by atoms with Gasteiger partial charge >= 0.3 is 0 Å². The van der Waals surface area contributed by atoms with E-state index in [0.29, 0.717) is 6.04 Å². The van der Waals surface area contributed by atoms with Gasteiger partial charge in [0.05, 0.1) is 6.61 Å². The molecule has 1 aliphatic carbocycles. The molecular weight excluding hydrogens is 234 g/mol. The highest BCUT2D eigenvalue weighted by molar-refractivity contribution is 5.39. The fourth-order valence-corrected chi connectivity index (χ4v) is 2.67. The molecule has 2 nitrogen and oxygen atoms in total. The first-order valence-electron chi connectivity index (χ1n) is 7.34. The summed E-state index contributed by atoms with van der Waals surface area (Å²) < 4.78 is 5.82. The van der Waals surface area contributed by atoms with Crippen LogP contribution in [0.15, 0.2) is 30.4 Å². The summed E-state index contributed by atoms with van der Waals surface area (Å²) in [5.74, 6) is 0.991. The van der Waals surface area contributed by atoms with Crippen molar-refractivity contribution in [1.29, 1.82) is 0 Å². The maximum Gasteiger partial charge on any atom is 0.119 e. The minimum absolute atomic E-state index is 0.499. The SMILES string of the molecule is C=C(C)CCOc1ccc2c(c1)C(NCC)CCC2. The van der Waals surface area contributed by atoms with E-state index in [2.05, 4.69) is 37.0 Å².